The van der Waals surface area contributed by atoms with Gasteiger partial charge in [0.05, 0.1) is 12.2 Å². The topological polar surface area (TPSA) is 44.8 Å². The molecular weight excluding hydrogens is 315 g/mol. The lowest BCUT2D eigenvalue weighted by Crippen LogP contribution is -2.40. The third-order valence-corrected chi connectivity index (χ3v) is 10.1. The molecule has 4 nitrogen and oxygen atoms in total. The van der Waals surface area contributed by atoms with E-state index in [1.54, 1.807) is 5.82 Å². The quantitative estimate of drug-likeness (QED) is 0.292. The summed E-state index contributed by atoms with van der Waals surface area (Å²) in [5.74, 6) is 1.57. The molecular formula is C16H35O4PSi. The van der Waals surface area contributed by atoms with Crippen LogP contribution >= 0.6 is 7.60 Å². The monoisotopic (exact) mass is 350 g/mol. The molecule has 0 atom stereocenters. The second-order valence-corrected chi connectivity index (χ2v) is 14.2. The van der Waals surface area contributed by atoms with Crippen molar-refractivity contribution in [3.63, 3.8) is 0 Å². The van der Waals surface area contributed by atoms with E-state index in [1.165, 1.54) is 0 Å². The highest BCUT2D eigenvalue weighted by molar-refractivity contribution is 7.57. The first-order chi connectivity index (χ1) is 9.79. The third kappa shape index (κ3) is 8.63. The average molecular weight is 351 g/mol. The fraction of sp³-hybridized carbons (Fsp3) is 0.875. The van der Waals surface area contributed by atoms with Gasteiger partial charge < -0.3 is 13.5 Å². The van der Waals surface area contributed by atoms with Crippen LogP contribution in [0.3, 0.4) is 0 Å². The maximum Gasteiger partial charge on any atom is 0.354 e. The Morgan fingerprint density at radius 3 is 1.86 bits per heavy atom. The molecule has 0 bridgehead atoms. The van der Waals surface area contributed by atoms with Crippen LogP contribution in [0.1, 0.15) is 54.9 Å². The van der Waals surface area contributed by atoms with Crippen LogP contribution in [0.4, 0.5) is 0 Å². The van der Waals surface area contributed by atoms with Gasteiger partial charge >= 0.3 is 7.60 Å². The molecule has 0 aromatic rings. The molecule has 6 heteroatoms. The highest BCUT2D eigenvalue weighted by Gasteiger charge is 2.36. The summed E-state index contributed by atoms with van der Waals surface area (Å²) in [6.07, 6.45) is 2.27. The SMILES string of the molecule is CC(C)OP(=O)(C=CCCO[Si](C)(C)C(C)(C)C)OC(C)C. The molecule has 0 aromatic heterocycles. The van der Waals surface area contributed by atoms with E-state index in [-0.39, 0.29) is 17.2 Å². The minimum absolute atomic E-state index is 0.141. The molecule has 0 unspecified atom stereocenters. The Morgan fingerprint density at radius 2 is 1.50 bits per heavy atom. The second kappa shape index (κ2) is 8.79. The Balaban J connectivity index is 4.53. The van der Waals surface area contributed by atoms with Crippen molar-refractivity contribution in [3.05, 3.63) is 11.9 Å². The molecule has 0 saturated carbocycles. The van der Waals surface area contributed by atoms with Gasteiger partial charge in [-0.15, -0.1) is 0 Å². The molecule has 0 aromatic carbocycles. The predicted octanol–water partition coefficient (Wildman–Crippen LogP) is 5.96. The largest absolute Gasteiger partial charge is 0.417 e. The molecule has 0 aliphatic heterocycles. The minimum atomic E-state index is -3.17. The van der Waals surface area contributed by atoms with Gasteiger partial charge in [-0.05, 0) is 52.2 Å². The molecule has 0 amide bonds. The first-order valence-corrected chi connectivity index (χ1v) is 12.6. The summed E-state index contributed by atoms with van der Waals surface area (Å²) in [5, 5.41) is 0.202. The van der Waals surface area contributed by atoms with Crippen LogP contribution in [0.2, 0.25) is 18.1 Å². The van der Waals surface area contributed by atoms with Gasteiger partial charge in [0.15, 0.2) is 8.32 Å². The molecule has 0 aliphatic carbocycles. The maximum atomic E-state index is 12.6. The van der Waals surface area contributed by atoms with Crippen molar-refractivity contribution in [2.24, 2.45) is 0 Å². The normalized spacial score (nSPS) is 14.5. The zero-order valence-corrected chi connectivity index (χ0v) is 17.7. The van der Waals surface area contributed by atoms with E-state index >= 15 is 0 Å². The van der Waals surface area contributed by atoms with E-state index in [2.05, 4.69) is 33.9 Å². The molecule has 0 N–H and O–H groups in total. The Morgan fingerprint density at radius 1 is 1.05 bits per heavy atom. The minimum Gasteiger partial charge on any atom is -0.417 e. The molecule has 132 valence electrons. The van der Waals surface area contributed by atoms with Crippen molar-refractivity contribution in [1.82, 2.24) is 0 Å². The fourth-order valence-electron chi connectivity index (χ4n) is 1.49. The summed E-state index contributed by atoms with van der Waals surface area (Å²) < 4.78 is 29.6. The number of hydrogen-bond donors (Lipinski definition) is 0. The molecule has 0 spiro atoms. The lowest BCUT2D eigenvalue weighted by molar-refractivity contribution is 0.149. The van der Waals surface area contributed by atoms with Gasteiger partial charge in [-0.1, -0.05) is 26.8 Å². The third-order valence-electron chi connectivity index (χ3n) is 3.56. The second-order valence-electron chi connectivity index (χ2n) is 7.63. The van der Waals surface area contributed by atoms with Gasteiger partial charge in [-0.2, -0.15) is 0 Å². The molecule has 0 rings (SSSR count). The summed E-state index contributed by atoms with van der Waals surface area (Å²) in [6, 6.07) is 0. The Hall–Kier alpha value is 0.0669. The first-order valence-electron chi connectivity index (χ1n) is 8.07. The average Bonchev–Trinajstić information content (AvgIpc) is 2.23. The van der Waals surface area contributed by atoms with Crippen molar-refractivity contribution in [2.75, 3.05) is 6.61 Å². The Kier molecular flexibility index (Phi) is 8.82. The molecule has 0 saturated heterocycles. The zero-order valence-electron chi connectivity index (χ0n) is 15.8. The van der Waals surface area contributed by atoms with Crippen molar-refractivity contribution >= 4 is 15.9 Å². The van der Waals surface area contributed by atoms with Crippen LogP contribution in [0, 0.1) is 0 Å². The maximum absolute atomic E-state index is 12.6. The van der Waals surface area contributed by atoms with E-state index in [0.717, 1.165) is 0 Å². The highest BCUT2D eigenvalue weighted by Crippen LogP contribution is 2.52. The van der Waals surface area contributed by atoms with Crippen LogP contribution < -0.4 is 0 Å². The van der Waals surface area contributed by atoms with Crippen LogP contribution in [-0.2, 0) is 18.0 Å². The van der Waals surface area contributed by atoms with Crippen LogP contribution in [0.15, 0.2) is 11.9 Å². The van der Waals surface area contributed by atoms with Crippen molar-refractivity contribution in [1.29, 1.82) is 0 Å². The predicted molar refractivity (Wildman–Crippen MR) is 97.0 cm³/mol. The summed E-state index contributed by atoms with van der Waals surface area (Å²) >= 11 is 0. The van der Waals surface area contributed by atoms with Crippen LogP contribution in [0.25, 0.3) is 0 Å². The molecule has 22 heavy (non-hydrogen) atoms. The van der Waals surface area contributed by atoms with Gasteiger partial charge in [0.1, 0.15) is 0 Å². The highest BCUT2D eigenvalue weighted by atomic mass is 31.2. The van der Waals surface area contributed by atoms with Gasteiger partial charge in [-0.3, -0.25) is 4.57 Å². The lowest BCUT2D eigenvalue weighted by atomic mass is 10.2. The van der Waals surface area contributed by atoms with Gasteiger partial charge in [0.25, 0.3) is 0 Å². The molecule has 0 heterocycles. The van der Waals surface area contributed by atoms with Gasteiger partial charge in [0, 0.05) is 12.4 Å². The van der Waals surface area contributed by atoms with Crippen LogP contribution in [-0.4, -0.2) is 27.1 Å². The number of rotatable bonds is 9. The van der Waals surface area contributed by atoms with Gasteiger partial charge in [0.2, 0.25) is 0 Å². The van der Waals surface area contributed by atoms with Crippen LogP contribution in [0.5, 0.6) is 0 Å². The first kappa shape index (κ1) is 22.1. The molecule has 0 radical (unpaired) electrons. The summed E-state index contributed by atoms with van der Waals surface area (Å²) in [7, 11) is -4.89. The molecule has 0 aliphatic rings. The fourth-order valence-corrected chi connectivity index (χ4v) is 4.32. The summed E-state index contributed by atoms with van der Waals surface area (Å²) in [4.78, 5) is 0. The smallest absolute Gasteiger partial charge is 0.354 e. The Bertz CT molecular complexity index is 383. The summed E-state index contributed by atoms with van der Waals surface area (Å²) in [5.41, 5.74) is 0. The van der Waals surface area contributed by atoms with Gasteiger partial charge in [-0.25, -0.2) is 0 Å². The molecule has 0 fully saturated rings. The van der Waals surface area contributed by atoms with E-state index in [1.807, 2.05) is 33.8 Å². The van der Waals surface area contributed by atoms with Crippen molar-refractivity contribution < 1.29 is 18.0 Å². The van der Waals surface area contributed by atoms with E-state index in [4.69, 9.17) is 13.5 Å². The van der Waals surface area contributed by atoms with Crippen molar-refractivity contribution in [2.45, 2.75) is 85.2 Å². The van der Waals surface area contributed by atoms with E-state index in [9.17, 15) is 4.57 Å². The summed E-state index contributed by atoms with van der Waals surface area (Å²) in [6.45, 7) is 19.2. The van der Waals surface area contributed by atoms with E-state index in [0.29, 0.717) is 13.0 Å². The lowest BCUT2D eigenvalue weighted by Gasteiger charge is -2.36. The van der Waals surface area contributed by atoms with E-state index < -0.39 is 15.9 Å². The number of hydrogen-bond acceptors (Lipinski definition) is 4. The zero-order chi connectivity index (χ0) is 17.6. The standard InChI is InChI=1S/C16H35O4PSi/c1-14(2)19-21(17,20-15(3)4)13-11-10-12-18-22(8,9)16(5,6)7/h11,13-15H,10,12H2,1-9H3. The van der Waals surface area contributed by atoms with Crippen molar-refractivity contribution in [3.8, 4) is 0 Å². The Labute approximate surface area is 138 Å².